The van der Waals surface area contributed by atoms with Gasteiger partial charge in [0, 0.05) is 25.2 Å². The van der Waals surface area contributed by atoms with Gasteiger partial charge in [-0.1, -0.05) is 19.0 Å². The number of pyridine rings is 1. The zero-order chi connectivity index (χ0) is 16.0. The zero-order valence-electron chi connectivity index (χ0n) is 13.1. The van der Waals surface area contributed by atoms with E-state index in [2.05, 4.69) is 10.1 Å². The molecule has 0 saturated heterocycles. The Morgan fingerprint density at radius 2 is 2.10 bits per heavy atom. The van der Waals surface area contributed by atoms with Crippen LogP contribution >= 0.6 is 0 Å². The normalized spacial score (nSPS) is 11.8. The molecule has 0 unspecified atom stereocenters. The van der Waals surface area contributed by atoms with Gasteiger partial charge in [-0.05, 0) is 31.9 Å². The maximum atomic E-state index is 12.7. The lowest BCUT2D eigenvalue weighted by atomic mass is 10.1. The maximum Gasteiger partial charge on any atom is 0.255 e. The predicted molar refractivity (Wildman–Crippen MR) is 82.5 cm³/mol. The van der Waals surface area contributed by atoms with E-state index >= 15 is 0 Å². The average molecular weight is 292 g/mol. The van der Waals surface area contributed by atoms with Gasteiger partial charge in [-0.15, -0.1) is 0 Å². The molecule has 1 aromatic heterocycles. The van der Waals surface area contributed by atoms with Gasteiger partial charge in [-0.2, -0.15) is 0 Å². The van der Waals surface area contributed by atoms with E-state index < -0.39 is 0 Å². The number of oxime groups is 1. The van der Waals surface area contributed by atoms with Gasteiger partial charge in [0.1, 0.15) is 5.84 Å². The second-order valence-corrected chi connectivity index (χ2v) is 5.57. The van der Waals surface area contributed by atoms with Crippen LogP contribution in [0, 0.1) is 19.8 Å². The van der Waals surface area contributed by atoms with Crippen LogP contribution in [-0.4, -0.2) is 39.9 Å². The van der Waals surface area contributed by atoms with Crippen molar-refractivity contribution in [2.24, 2.45) is 16.8 Å². The first-order chi connectivity index (χ1) is 9.85. The van der Waals surface area contributed by atoms with Crippen LogP contribution in [0.2, 0.25) is 0 Å². The number of aryl methyl sites for hydroxylation is 2. The van der Waals surface area contributed by atoms with Crippen molar-refractivity contribution >= 4 is 11.7 Å². The Morgan fingerprint density at radius 1 is 1.43 bits per heavy atom. The Kier molecular flexibility index (Phi) is 6.14. The van der Waals surface area contributed by atoms with Crippen molar-refractivity contribution < 1.29 is 10.0 Å². The lowest BCUT2D eigenvalue weighted by molar-refractivity contribution is 0.0739. The van der Waals surface area contributed by atoms with Gasteiger partial charge in [0.15, 0.2) is 0 Å². The largest absolute Gasteiger partial charge is 0.409 e. The number of carbonyl (C=O) groups excluding carboxylic acids is 1. The fourth-order valence-corrected chi connectivity index (χ4v) is 2.10. The van der Waals surface area contributed by atoms with Gasteiger partial charge in [-0.25, -0.2) is 0 Å². The molecular formula is C15H24N4O2. The fourth-order valence-electron chi connectivity index (χ4n) is 2.10. The van der Waals surface area contributed by atoms with Crippen molar-refractivity contribution in [1.82, 2.24) is 9.88 Å². The molecule has 1 rings (SSSR count). The highest BCUT2D eigenvalue weighted by Crippen LogP contribution is 2.12. The van der Waals surface area contributed by atoms with Gasteiger partial charge in [-0.3, -0.25) is 9.78 Å². The van der Waals surface area contributed by atoms with E-state index in [0.29, 0.717) is 31.0 Å². The Labute approximate surface area is 125 Å². The topological polar surface area (TPSA) is 91.8 Å². The van der Waals surface area contributed by atoms with Crippen LogP contribution in [0.15, 0.2) is 17.3 Å². The smallest absolute Gasteiger partial charge is 0.255 e. The molecule has 1 amide bonds. The third-order valence-electron chi connectivity index (χ3n) is 3.09. The van der Waals surface area contributed by atoms with Crippen molar-refractivity contribution in [2.75, 3.05) is 13.1 Å². The first-order valence-electron chi connectivity index (χ1n) is 7.05. The van der Waals surface area contributed by atoms with E-state index in [1.807, 2.05) is 33.8 Å². The number of hydrogen-bond donors (Lipinski definition) is 2. The molecule has 1 heterocycles. The predicted octanol–water partition coefficient (Wildman–Crippen LogP) is 1.93. The summed E-state index contributed by atoms with van der Waals surface area (Å²) in [5.74, 6) is 0.384. The third kappa shape index (κ3) is 5.06. The molecule has 0 saturated carbocycles. The number of aromatic nitrogens is 1. The third-order valence-corrected chi connectivity index (χ3v) is 3.09. The molecule has 0 aromatic carbocycles. The summed E-state index contributed by atoms with van der Waals surface area (Å²) in [6.45, 7) is 8.85. The molecule has 0 aliphatic rings. The van der Waals surface area contributed by atoms with Crippen molar-refractivity contribution in [2.45, 2.75) is 34.1 Å². The van der Waals surface area contributed by atoms with Crippen molar-refractivity contribution in [3.8, 4) is 0 Å². The zero-order valence-corrected chi connectivity index (χ0v) is 13.1. The number of carbonyl (C=O) groups is 1. The number of amidine groups is 1. The number of hydrogen-bond acceptors (Lipinski definition) is 4. The van der Waals surface area contributed by atoms with Gasteiger partial charge >= 0.3 is 0 Å². The molecule has 0 radical (unpaired) electrons. The summed E-state index contributed by atoms with van der Waals surface area (Å²) in [7, 11) is 0. The molecule has 0 fully saturated rings. The lowest BCUT2D eigenvalue weighted by Gasteiger charge is -2.25. The van der Waals surface area contributed by atoms with Gasteiger partial charge in [0.25, 0.3) is 5.91 Å². The Bertz CT molecular complexity index is 526. The second kappa shape index (κ2) is 7.61. The molecule has 0 aliphatic heterocycles. The minimum atomic E-state index is -0.0700. The average Bonchev–Trinajstić information content (AvgIpc) is 2.42. The number of rotatable bonds is 6. The standard InChI is InChI=1S/C15H24N4O2/c1-10(2)9-19(8-7-14(16)18-21)15(20)13-6-5-11(3)17-12(13)4/h5-6,10,21H,7-9H2,1-4H3,(H2,16,18). The fraction of sp³-hybridized carbons (Fsp3) is 0.533. The number of nitrogens with two attached hydrogens (primary N) is 1. The summed E-state index contributed by atoms with van der Waals surface area (Å²) in [6.07, 6.45) is 0.341. The monoisotopic (exact) mass is 292 g/mol. The number of amides is 1. The van der Waals surface area contributed by atoms with Crippen molar-refractivity contribution in [3.63, 3.8) is 0 Å². The van der Waals surface area contributed by atoms with E-state index in [1.54, 1.807) is 11.0 Å². The highest BCUT2D eigenvalue weighted by Gasteiger charge is 2.19. The van der Waals surface area contributed by atoms with Crippen molar-refractivity contribution in [1.29, 1.82) is 0 Å². The number of nitrogens with zero attached hydrogens (tertiary/aromatic N) is 3. The van der Waals surface area contributed by atoms with Crippen LogP contribution in [0.3, 0.4) is 0 Å². The van der Waals surface area contributed by atoms with Crippen LogP contribution in [-0.2, 0) is 0 Å². The van der Waals surface area contributed by atoms with Gasteiger partial charge in [0.05, 0.1) is 11.3 Å². The quantitative estimate of drug-likeness (QED) is 0.363. The molecule has 6 heteroatoms. The van der Waals surface area contributed by atoms with Crippen LogP contribution < -0.4 is 5.73 Å². The first kappa shape index (κ1) is 16.9. The van der Waals surface area contributed by atoms with Crippen LogP contribution in [0.5, 0.6) is 0 Å². The summed E-state index contributed by atoms with van der Waals surface area (Å²) in [5.41, 5.74) is 7.69. The summed E-state index contributed by atoms with van der Waals surface area (Å²) < 4.78 is 0. The van der Waals surface area contributed by atoms with E-state index in [-0.39, 0.29) is 11.7 Å². The Hall–Kier alpha value is -2.11. The molecule has 6 nitrogen and oxygen atoms in total. The lowest BCUT2D eigenvalue weighted by Crippen LogP contribution is -2.37. The summed E-state index contributed by atoms with van der Waals surface area (Å²) in [5, 5.41) is 11.6. The van der Waals surface area contributed by atoms with Crippen LogP contribution in [0.25, 0.3) is 0 Å². The maximum absolute atomic E-state index is 12.7. The molecule has 0 aliphatic carbocycles. The highest BCUT2D eigenvalue weighted by molar-refractivity contribution is 5.95. The molecule has 3 N–H and O–H groups in total. The Balaban J connectivity index is 2.93. The summed E-state index contributed by atoms with van der Waals surface area (Å²) in [4.78, 5) is 18.7. The molecule has 0 atom stereocenters. The highest BCUT2D eigenvalue weighted by atomic mass is 16.4. The minimum Gasteiger partial charge on any atom is -0.409 e. The minimum absolute atomic E-state index is 0.0700. The molecule has 0 bridgehead atoms. The van der Waals surface area contributed by atoms with Crippen LogP contribution in [0.4, 0.5) is 0 Å². The molecular weight excluding hydrogens is 268 g/mol. The van der Waals surface area contributed by atoms with E-state index in [4.69, 9.17) is 10.9 Å². The molecule has 0 spiro atoms. The van der Waals surface area contributed by atoms with E-state index in [1.165, 1.54) is 0 Å². The summed E-state index contributed by atoms with van der Waals surface area (Å²) >= 11 is 0. The van der Waals surface area contributed by atoms with E-state index in [0.717, 1.165) is 11.4 Å². The van der Waals surface area contributed by atoms with Crippen LogP contribution in [0.1, 0.15) is 42.0 Å². The molecule has 1 aromatic rings. The van der Waals surface area contributed by atoms with E-state index in [9.17, 15) is 4.79 Å². The molecule has 116 valence electrons. The summed E-state index contributed by atoms with van der Waals surface area (Å²) in [6, 6.07) is 3.63. The second-order valence-electron chi connectivity index (χ2n) is 5.57. The molecule has 21 heavy (non-hydrogen) atoms. The Morgan fingerprint density at radius 3 is 2.62 bits per heavy atom. The van der Waals surface area contributed by atoms with Crippen molar-refractivity contribution in [3.05, 3.63) is 29.1 Å². The van der Waals surface area contributed by atoms with Gasteiger partial charge in [0.2, 0.25) is 0 Å². The SMILES string of the molecule is Cc1ccc(C(=O)N(CCC(N)=NO)CC(C)C)c(C)n1. The first-order valence-corrected chi connectivity index (χ1v) is 7.05. The van der Waals surface area contributed by atoms with Gasteiger partial charge < -0.3 is 15.8 Å².